The van der Waals surface area contributed by atoms with Gasteiger partial charge in [0, 0.05) is 11.7 Å². The fourth-order valence-electron chi connectivity index (χ4n) is 3.81. The molecular weight excluding hydrogens is 446 g/mol. The lowest BCUT2D eigenvalue weighted by atomic mass is 10.0. The van der Waals surface area contributed by atoms with Crippen molar-refractivity contribution in [3.05, 3.63) is 62.3 Å². The molecule has 2 aromatic heterocycles. The molecule has 0 amide bonds. The van der Waals surface area contributed by atoms with Crippen molar-refractivity contribution in [3.63, 3.8) is 0 Å². The first kappa shape index (κ1) is 23.1. The largest absolute Gasteiger partial charge is 0.337 e. The molecule has 0 radical (unpaired) electrons. The Hall–Kier alpha value is -3.05. The molecule has 1 aliphatic rings. The van der Waals surface area contributed by atoms with Crippen molar-refractivity contribution in [2.75, 3.05) is 0 Å². The second-order valence-electron chi connectivity index (χ2n) is 8.89. The first-order chi connectivity index (χ1) is 15.6. The molecule has 10 nitrogen and oxygen atoms in total. The number of hydrogen-bond acceptors (Lipinski definition) is 7. The Morgan fingerprint density at radius 2 is 1.85 bits per heavy atom. The van der Waals surface area contributed by atoms with Crippen LogP contribution in [0.1, 0.15) is 62.3 Å². The molecule has 0 saturated heterocycles. The molecule has 3 aromatic rings. The molecule has 0 aliphatic heterocycles. The number of aryl methyl sites for hydroxylation is 1. The molecule has 33 heavy (non-hydrogen) atoms. The molecule has 1 unspecified atom stereocenters. The van der Waals surface area contributed by atoms with Crippen LogP contribution in [0.2, 0.25) is 0 Å². The minimum atomic E-state index is -3.85. The third kappa shape index (κ3) is 4.83. The van der Waals surface area contributed by atoms with Crippen LogP contribution >= 0.6 is 0 Å². The van der Waals surface area contributed by atoms with E-state index in [0.29, 0.717) is 12.1 Å². The molecule has 1 aliphatic carbocycles. The van der Waals surface area contributed by atoms with Crippen LogP contribution < -0.4 is 16.0 Å². The summed E-state index contributed by atoms with van der Waals surface area (Å²) >= 11 is 0. The highest BCUT2D eigenvalue weighted by Crippen LogP contribution is 2.35. The SMILES string of the molecule is Cc1ccc(S(=O)(=O)NC(CC(C)C)c2nc(-c3c(C)n(C4CC4)c(=O)[nH]c3=O)no2)cc1. The van der Waals surface area contributed by atoms with Crippen LogP contribution in [0.15, 0.2) is 43.3 Å². The van der Waals surface area contributed by atoms with Crippen LogP contribution in [0.5, 0.6) is 0 Å². The maximum absolute atomic E-state index is 13.0. The smallest absolute Gasteiger partial charge is 0.328 e. The number of nitrogens with zero attached hydrogens (tertiary/aromatic N) is 3. The molecule has 1 fully saturated rings. The van der Waals surface area contributed by atoms with Crippen molar-refractivity contribution < 1.29 is 12.9 Å². The van der Waals surface area contributed by atoms with Crippen LogP contribution in [0.25, 0.3) is 11.4 Å². The topological polar surface area (TPSA) is 140 Å². The molecule has 1 atom stereocenters. The quantitative estimate of drug-likeness (QED) is 0.512. The lowest BCUT2D eigenvalue weighted by Gasteiger charge is -2.17. The van der Waals surface area contributed by atoms with Gasteiger partial charge in [-0.25, -0.2) is 13.2 Å². The summed E-state index contributed by atoms with van der Waals surface area (Å²) in [6.45, 7) is 7.45. The highest BCUT2D eigenvalue weighted by molar-refractivity contribution is 7.89. The second kappa shape index (κ2) is 8.71. The Balaban J connectivity index is 1.70. The van der Waals surface area contributed by atoms with Gasteiger partial charge in [-0.3, -0.25) is 14.3 Å². The van der Waals surface area contributed by atoms with Crippen molar-refractivity contribution in [2.45, 2.75) is 63.9 Å². The van der Waals surface area contributed by atoms with Crippen LogP contribution in [0, 0.1) is 19.8 Å². The van der Waals surface area contributed by atoms with Crippen molar-refractivity contribution in [2.24, 2.45) is 5.92 Å². The zero-order valence-corrected chi connectivity index (χ0v) is 19.8. The van der Waals surface area contributed by atoms with E-state index in [1.807, 2.05) is 20.8 Å². The fourth-order valence-corrected chi connectivity index (χ4v) is 5.02. The maximum Gasteiger partial charge on any atom is 0.328 e. The Labute approximate surface area is 191 Å². The van der Waals surface area contributed by atoms with Gasteiger partial charge in [-0.15, -0.1) is 0 Å². The number of nitrogens with one attached hydrogen (secondary N) is 2. The number of hydrogen-bond donors (Lipinski definition) is 2. The third-order valence-electron chi connectivity index (χ3n) is 5.60. The molecule has 1 saturated carbocycles. The summed E-state index contributed by atoms with van der Waals surface area (Å²) < 4.78 is 35.5. The monoisotopic (exact) mass is 473 g/mol. The van der Waals surface area contributed by atoms with Crippen LogP contribution in [0.3, 0.4) is 0 Å². The van der Waals surface area contributed by atoms with Gasteiger partial charge in [-0.05, 0) is 51.2 Å². The number of benzene rings is 1. The average molecular weight is 474 g/mol. The summed E-state index contributed by atoms with van der Waals surface area (Å²) in [5.41, 5.74) is 0.473. The van der Waals surface area contributed by atoms with E-state index in [0.717, 1.165) is 18.4 Å². The summed E-state index contributed by atoms with van der Waals surface area (Å²) in [7, 11) is -3.85. The lowest BCUT2D eigenvalue weighted by Crippen LogP contribution is -2.33. The van der Waals surface area contributed by atoms with E-state index >= 15 is 0 Å². The van der Waals surface area contributed by atoms with E-state index in [-0.39, 0.29) is 34.1 Å². The van der Waals surface area contributed by atoms with Gasteiger partial charge in [0.2, 0.25) is 21.7 Å². The second-order valence-corrected chi connectivity index (χ2v) is 10.6. The summed E-state index contributed by atoms with van der Waals surface area (Å²) in [5.74, 6) is 0.187. The van der Waals surface area contributed by atoms with Crippen LogP contribution in [0.4, 0.5) is 0 Å². The Morgan fingerprint density at radius 1 is 1.18 bits per heavy atom. The molecule has 2 N–H and O–H groups in total. The maximum atomic E-state index is 13.0. The molecule has 176 valence electrons. The summed E-state index contributed by atoms with van der Waals surface area (Å²) in [6.07, 6.45) is 2.13. The first-order valence-electron chi connectivity index (χ1n) is 10.8. The lowest BCUT2D eigenvalue weighted by molar-refractivity contribution is 0.323. The molecule has 11 heteroatoms. The van der Waals surface area contributed by atoms with Crippen molar-refractivity contribution in [3.8, 4) is 11.4 Å². The Morgan fingerprint density at radius 3 is 2.45 bits per heavy atom. The normalized spacial score (nSPS) is 15.2. The van der Waals surface area contributed by atoms with Crippen molar-refractivity contribution in [1.82, 2.24) is 24.4 Å². The van der Waals surface area contributed by atoms with Gasteiger partial charge in [-0.2, -0.15) is 9.71 Å². The third-order valence-corrected chi connectivity index (χ3v) is 7.09. The Bertz CT molecular complexity index is 1380. The molecule has 1 aromatic carbocycles. The van der Waals surface area contributed by atoms with Gasteiger partial charge in [0.05, 0.1) is 4.90 Å². The van der Waals surface area contributed by atoms with Gasteiger partial charge in [-0.1, -0.05) is 36.7 Å². The minimum absolute atomic E-state index is 0.0152. The average Bonchev–Trinajstić information content (AvgIpc) is 3.43. The van der Waals surface area contributed by atoms with E-state index in [1.54, 1.807) is 23.6 Å². The predicted molar refractivity (Wildman–Crippen MR) is 121 cm³/mol. The fraction of sp³-hybridized carbons (Fsp3) is 0.455. The zero-order chi connectivity index (χ0) is 23.9. The van der Waals surface area contributed by atoms with Gasteiger partial charge in [0.1, 0.15) is 11.6 Å². The number of H-pyrrole nitrogens is 1. The highest BCUT2D eigenvalue weighted by atomic mass is 32.2. The van der Waals surface area contributed by atoms with Crippen molar-refractivity contribution in [1.29, 1.82) is 0 Å². The van der Waals surface area contributed by atoms with Gasteiger partial charge in [0.25, 0.3) is 5.56 Å². The summed E-state index contributed by atoms with van der Waals surface area (Å²) in [6, 6.07) is 5.78. The molecule has 2 heterocycles. The highest BCUT2D eigenvalue weighted by Gasteiger charge is 2.31. The van der Waals surface area contributed by atoms with Gasteiger partial charge >= 0.3 is 5.69 Å². The van der Waals surface area contributed by atoms with Crippen molar-refractivity contribution >= 4 is 10.0 Å². The van der Waals surface area contributed by atoms with Crippen LogP contribution in [-0.2, 0) is 10.0 Å². The molecular formula is C22H27N5O5S. The minimum Gasteiger partial charge on any atom is -0.337 e. The summed E-state index contributed by atoms with van der Waals surface area (Å²) in [5, 5.41) is 3.94. The van der Waals surface area contributed by atoms with E-state index < -0.39 is 27.3 Å². The first-order valence-corrected chi connectivity index (χ1v) is 12.3. The molecule has 4 rings (SSSR count). The number of rotatable bonds is 8. The molecule has 0 bridgehead atoms. The molecule has 0 spiro atoms. The number of sulfonamides is 1. The number of aromatic nitrogens is 4. The zero-order valence-electron chi connectivity index (χ0n) is 19.0. The Kier molecular flexibility index (Phi) is 6.10. The number of aromatic amines is 1. The standard InChI is InChI=1S/C22H27N5O5S/c1-12(2)11-17(26-33(30,31)16-9-5-13(3)6-10-16)21-23-19(25-32-21)18-14(4)27(15-7-8-15)22(29)24-20(18)28/h5-6,9-10,12,15,17,26H,7-8,11H2,1-4H3,(H,24,28,29). The van der Waals surface area contributed by atoms with Gasteiger partial charge in [0.15, 0.2) is 0 Å². The van der Waals surface area contributed by atoms with Crippen LogP contribution in [-0.4, -0.2) is 28.1 Å². The van der Waals surface area contributed by atoms with Gasteiger partial charge < -0.3 is 4.52 Å². The predicted octanol–water partition coefficient (Wildman–Crippen LogP) is 2.60. The van der Waals surface area contributed by atoms with E-state index in [2.05, 4.69) is 19.8 Å². The van der Waals surface area contributed by atoms with E-state index in [1.165, 1.54) is 12.1 Å². The van der Waals surface area contributed by atoms with E-state index in [4.69, 9.17) is 4.52 Å². The summed E-state index contributed by atoms with van der Waals surface area (Å²) in [4.78, 5) is 31.6. The van der Waals surface area contributed by atoms with E-state index in [9.17, 15) is 18.0 Å².